The average molecular weight is 473 g/mol. The van der Waals surface area contributed by atoms with Gasteiger partial charge in [-0.15, -0.1) is 0 Å². The van der Waals surface area contributed by atoms with E-state index in [1.54, 1.807) is 10.9 Å². The molecule has 184 valence electrons. The highest BCUT2D eigenvalue weighted by molar-refractivity contribution is 5.68. The van der Waals surface area contributed by atoms with Crippen molar-refractivity contribution in [2.45, 2.75) is 84.5 Å². The van der Waals surface area contributed by atoms with Crippen LogP contribution >= 0.6 is 0 Å². The van der Waals surface area contributed by atoms with Gasteiger partial charge in [-0.3, -0.25) is 14.4 Å². The minimum absolute atomic E-state index is 0.469. The topological polar surface area (TPSA) is 106 Å². The van der Waals surface area contributed by atoms with Crippen LogP contribution in [0.1, 0.15) is 64.0 Å². The highest BCUT2D eigenvalue weighted by atomic mass is 16.7. The highest BCUT2D eigenvalue weighted by Gasteiger charge is 2.52. The number of nitrogens with zero attached hydrogens (tertiary/aromatic N) is 2. The van der Waals surface area contributed by atoms with E-state index in [0.717, 1.165) is 17.5 Å². The third-order valence-electron chi connectivity index (χ3n) is 5.67. The van der Waals surface area contributed by atoms with E-state index >= 15 is 0 Å². The first-order valence-corrected chi connectivity index (χ1v) is 11.5. The van der Waals surface area contributed by atoms with Gasteiger partial charge in [-0.2, -0.15) is 5.10 Å². The zero-order valence-corrected chi connectivity index (χ0v) is 20.2. The molecule has 0 unspecified atom stereocenters. The molecule has 1 aromatic heterocycles. The predicted molar refractivity (Wildman–Crippen MR) is 122 cm³/mol. The molecule has 2 aromatic rings. The first-order valence-electron chi connectivity index (χ1n) is 11.5. The van der Waals surface area contributed by atoms with Crippen molar-refractivity contribution in [2.24, 2.45) is 0 Å². The van der Waals surface area contributed by atoms with Crippen molar-refractivity contribution in [1.29, 1.82) is 0 Å². The number of aromatic nitrogens is 2. The molecule has 34 heavy (non-hydrogen) atoms. The Bertz CT molecular complexity index is 1000. The number of carbonyl (C=O) groups excluding carboxylic acids is 3. The third-order valence-corrected chi connectivity index (χ3v) is 5.67. The Morgan fingerprint density at radius 3 is 1.97 bits per heavy atom. The second kappa shape index (κ2) is 11.3. The van der Waals surface area contributed by atoms with E-state index in [0.29, 0.717) is 12.8 Å². The van der Waals surface area contributed by atoms with E-state index in [9.17, 15) is 14.4 Å². The van der Waals surface area contributed by atoms with E-state index in [2.05, 4.69) is 36.3 Å². The lowest BCUT2D eigenvalue weighted by atomic mass is 9.95. The largest absolute Gasteiger partial charge is 0.456 e. The third kappa shape index (κ3) is 6.22. The molecule has 0 bridgehead atoms. The zero-order chi connectivity index (χ0) is 24.8. The summed E-state index contributed by atoms with van der Waals surface area (Å²) in [6, 6.07) is 8.38. The molecule has 0 radical (unpaired) electrons. The summed E-state index contributed by atoms with van der Waals surface area (Å²) in [5, 5.41) is 4.45. The Hall–Kier alpha value is -3.20. The predicted octanol–water partition coefficient (Wildman–Crippen LogP) is 3.14. The van der Waals surface area contributed by atoms with E-state index in [1.165, 1.54) is 26.3 Å². The van der Waals surface area contributed by atoms with Gasteiger partial charge in [0, 0.05) is 33.4 Å². The Kier molecular flexibility index (Phi) is 8.44. The molecule has 0 spiro atoms. The quantitative estimate of drug-likeness (QED) is 0.426. The van der Waals surface area contributed by atoms with Crippen molar-refractivity contribution in [3.63, 3.8) is 0 Å². The number of rotatable bonds is 8. The van der Waals surface area contributed by atoms with Crippen molar-refractivity contribution in [1.82, 2.24) is 9.78 Å². The fourth-order valence-electron chi connectivity index (χ4n) is 4.15. The van der Waals surface area contributed by atoms with Gasteiger partial charge in [-0.05, 0) is 29.5 Å². The lowest BCUT2D eigenvalue weighted by Crippen LogP contribution is -2.59. The smallest absolute Gasteiger partial charge is 0.303 e. The summed E-state index contributed by atoms with van der Waals surface area (Å²) in [6.45, 7) is 7.74. The monoisotopic (exact) mass is 472 g/mol. The lowest BCUT2D eigenvalue weighted by Gasteiger charge is -2.44. The van der Waals surface area contributed by atoms with Crippen LogP contribution in [0.5, 0.6) is 0 Å². The molecule has 0 aliphatic carbocycles. The molecule has 9 heteroatoms. The minimum Gasteiger partial charge on any atom is -0.456 e. The molecule has 1 aliphatic rings. The van der Waals surface area contributed by atoms with Crippen LogP contribution in [-0.2, 0) is 46.2 Å². The van der Waals surface area contributed by atoms with Gasteiger partial charge in [-0.1, -0.05) is 38.1 Å². The molecule has 0 saturated carbocycles. The van der Waals surface area contributed by atoms with Gasteiger partial charge < -0.3 is 18.9 Å². The number of hydrogen-bond donors (Lipinski definition) is 0. The summed E-state index contributed by atoms with van der Waals surface area (Å²) < 4.78 is 24.3. The molecule has 5 atom stereocenters. The van der Waals surface area contributed by atoms with Crippen molar-refractivity contribution in [3.05, 3.63) is 53.3 Å². The van der Waals surface area contributed by atoms with Crippen LogP contribution in [-0.4, -0.2) is 52.1 Å². The Labute approximate surface area is 199 Å². The van der Waals surface area contributed by atoms with Crippen LogP contribution in [0.2, 0.25) is 0 Å². The second-order valence-electron chi connectivity index (χ2n) is 8.37. The molecule has 0 amide bonds. The fourth-order valence-corrected chi connectivity index (χ4v) is 4.15. The van der Waals surface area contributed by atoms with Gasteiger partial charge in [0.1, 0.15) is 6.10 Å². The summed E-state index contributed by atoms with van der Waals surface area (Å²) in [5.41, 5.74) is 3.34. The summed E-state index contributed by atoms with van der Waals surface area (Å²) in [5.74, 6) is -1.73. The van der Waals surface area contributed by atoms with E-state index in [1.807, 2.05) is 13.1 Å². The molecule has 1 fully saturated rings. The first-order chi connectivity index (χ1) is 16.2. The van der Waals surface area contributed by atoms with Gasteiger partial charge in [0.25, 0.3) is 0 Å². The maximum absolute atomic E-state index is 11.9. The van der Waals surface area contributed by atoms with Gasteiger partial charge in [0.15, 0.2) is 24.5 Å². The fraction of sp³-hybridized carbons (Fsp3) is 0.520. The lowest BCUT2D eigenvalue weighted by molar-refractivity contribution is -0.265. The summed E-state index contributed by atoms with van der Waals surface area (Å²) in [7, 11) is 0. The highest BCUT2D eigenvalue weighted by Crippen LogP contribution is 2.35. The number of ether oxygens (including phenoxy) is 4. The molecule has 0 N–H and O–H groups in total. The number of aryl methyl sites for hydroxylation is 1. The molecule has 1 aromatic carbocycles. The first kappa shape index (κ1) is 25.4. The van der Waals surface area contributed by atoms with Crippen molar-refractivity contribution < 1.29 is 33.3 Å². The van der Waals surface area contributed by atoms with Crippen LogP contribution < -0.4 is 0 Å². The molecular formula is C25H32N2O7. The van der Waals surface area contributed by atoms with E-state index in [4.69, 9.17) is 18.9 Å². The van der Waals surface area contributed by atoms with Crippen LogP contribution in [0.15, 0.2) is 36.7 Å². The average Bonchev–Trinajstić information content (AvgIpc) is 3.24. The Morgan fingerprint density at radius 2 is 1.41 bits per heavy atom. The van der Waals surface area contributed by atoms with E-state index < -0.39 is 48.6 Å². The van der Waals surface area contributed by atoms with Crippen LogP contribution in [0.4, 0.5) is 0 Å². The number of esters is 3. The van der Waals surface area contributed by atoms with E-state index in [-0.39, 0.29) is 0 Å². The second-order valence-corrected chi connectivity index (χ2v) is 8.37. The molecule has 3 rings (SSSR count). The summed E-state index contributed by atoms with van der Waals surface area (Å²) in [4.78, 5) is 35.6. The Balaban J connectivity index is 1.91. The molecule has 9 nitrogen and oxygen atoms in total. The zero-order valence-electron chi connectivity index (χ0n) is 20.2. The normalized spacial score (nSPS) is 24.3. The maximum atomic E-state index is 11.9. The molecule has 2 heterocycles. The molecule has 1 saturated heterocycles. The van der Waals surface area contributed by atoms with Crippen LogP contribution in [0, 0.1) is 0 Å². The molecule has 1 aliphatic heterocycles. The maximum Gasteiger partial charge on any atom is 0.303 e. The van der Waals surface area contributed by atoms with Gasteiger partial charge in [-0.25, -0.2) is 4.68 Å². The van der Waals surface area contributed by atoms with Crippen LogP contribution in [0.3, 0.4) is 0 Å². The standard InChI is InChI=1S/C25H32N2O7/c1-6-18-8-10-19(11-9-18)12-20-13-26-27(14-20)25-24(33-17(5)30)23(32-16(4)29)22(31-15(3)28)21(7-2)34-25/h8-11,13-14,21-25H,6-7,12H2,1-5H3/t21-,22-,23+,24-,25-/m1/s1. The SMILES string of the molecule is CCc1ccc(Cc2cnn([C@@H]3O[C@H](CC)[C@@H](OC(C)=O)[C@H](OC(C)=O)[C@H]3OC(C)=O)c2)cc1. The van der Waals surface area contributed by atoms with Crippen molar-refractivity contribution in [3.8, 4) is 0 Å². The van der Waals surface area contributed by atoms with Crippen molar-refractivity contribution in [2.75, 3.05) is 0 Å². The summed E-state index contributed by atoms with van der Waals surface area (Å²) >= 11 is 0. The number of benzene rings is 1. The molecular weight excluding hydrogens is 440 g/mol. The van der Waals surface area contributed by atoms with Gasteiger partial charge >= 0.3 is 17.9 Å². The number of hydrogen-bond acceptors (Lipinski definition) is 8. The van der Waals surface area contributed by atoms with Crippen molar-refractivity contribution >= 4 is 17.9 Å². The minimum atomic E-state index is -1.06. The van der Waals surface area contributed by atoms with Gasteiger partial charge in [0.2, 0.25) is 0 Å². The van der Waals surface area contributed by atoms with Gasteiger partial charge in [0.05, 0.1) is 6.20 Å². The summed E-state index contributed by atoms with van der Waals surface area (Å²) in [6.07, 6.45) is 1.13. The number of carbonyl (C=O) groups is 3. The van der Waals surface area contributed by atoms with Crippen LogP contribution in [0.25, 0.3) is 0 Å². The Morgan fingerprint density at radius 1 is 0.853 bits per heavy atom.